The van der Waals surface area contributed by atoms with Crippen molar-refractivity contribution >= 4 is 11.6 Å². The summed E-state index contributed by atoms with van der Waals surface area (Å²) in [5.74, 6) is -1.45. The topological polar surface area (TPSA) is 26.0 Å². The van der Waals surface area contributed by atoms with Crippen molar-refractivity contribution in [3.63, 3.8) is 0 Å². The Balaban J connectivity index is 3.25. The summed E-state index contributed by atoms with van der Waals surface area (Å²) in [4.78, 5) is 0. The van der Waals surface area contributed by atoms with Crippen LogP contribution >= 0.6 is 11.6 Å². The monoisotopic (exact) mass is 219 g/mol. The molecule has 0 aliphatic carbocycles. The van der Waals surface area contributed by atoms with Crippen molar-refractivity contribution in [3.8, 4) is 0 Å². The Morgan fingerprint density at radius 2 is 1.86 bits per heavy atom. The van der Waals surface area contributed by atoms with Crippen LogP contribution in [0.3, 0.4) is 0 Å². The SMILES string of the molecule is CC(C)[C@H](N)c1c(F)ccc(Cl)c1F. The molecule has 0 unspecified atom stereocenters. The molecule has 4 heteroatoms. The van der Waals surface area contributed by atoms with Gasteiger partial charge in [0.25, 0.3) is 0 Å². The van der Waals surface area contributed by atoms with Crippen LogP contribution in [0, 0.1) is 17.6 Å². The second kappa shape index (κ2) is 4.24. The van der Waals surface area contributed by atoms with Crippen molar-refractivity contribution < 1.29 is 8.78 Å². The number of rotatable bonds is 2. The number of nitrogens with two attached hydrogens (primary N) is 1. The zero-order valence-electron chi connectivity index (χ0n) is 8.02. The summed E-state index contributed by atoms with van der Waals surface area (Å²) < 4.78 is 26.7. The van der Waals surface area contributed by atoms with Crippen molar-refractivity contribution in [1.29, 1.82) is 0 Å². The minimum absolute atomic E-state index is 0.0440. The molecule has 0 saturated heterocycles. The molecule has 1 nitrogen and oxygen atoms in total. The molecular formula is C10H12ClF2N. The molecular weight excluding hydrogens is 208 g/mol. The molecule has 0 amide bonds. The van der Waals surface area contributed by atoms with E-state index in [1.807, 2.05) is 0 Å². The molecule has 0 aromatic heterocycles. The van der Waals surface area contributed by atoms with E-state index in [2.05, 4.69) is 0 Å². The molecule has 78 valence electrons. The molecule has 1 atom stereocenters. The summed E-state index contributed by atoms with van der Waals surface area (Å²) in [6, 6.07) is 1.64. The van der Waals surface area contributed by atoms with E-state index in [0.29, 0.717) is 0 Å². The van der Waals surface area contributed by atoms with Crippen LogP contribution < -0.4 is 5.73 Å². The lowest BCUT2D eigenvalue weighted by molar-refractivity contribution is 0.455. The van der Waals surface area contributed by atoms with Crippen LogP contribution in [0.1, 0.15) is 25.5 Å². The highest BCUT2D eigenvalue weighted by Crippen LogP contribution is 2.28. The molecule has 0 bridgehead atoms. The van der Waals surface area contributed by atoms with Crippen LogP contribution in [0.4, 0.5) is 8.78 Å². The molecule has 1 aromatic carbocycles. The van der Waals surface area contributed by atoms with Crippen LogP contribution in [-0.4, -0.2) is 0 Å². The van der Waals surface area contributed by atoms with Crippen molar-refractivity contribution in [2.75, 3.05) is 0 Å². The fraction of sp³-hybridized carbons (Fsp3) is 0.400. The second-order valence-electron chi connectivity index (χ2n) is 3.53. The van der Waals surface area contributed by atoms with Gasteiger partial charge in [0.2, 0.25) is 0 Å². The molecule has 0 saturated carbocycles. The lowest BCUT2D eigenvalue weighted by Crippen LogP contribution is -2.20. The van der Waals surface area contributed by atoms with Crippen LogP contribution in [0.2, 0.25) is 5.02 Å². The van der Waals surface area contributed by atoms with Crippen LogP contribution in [0.25, 0.3) is 0 Å². The predicted octanol–water partition coefficient (Wildman–Crippen LogP) is 3.27. The van der Waals surface area contributed by atoms with Gasteiger partial charge >= 0.3 is 0 Å². The van der Waals surface area contributed by atoms with Gasteiger partial charge in [-0.25, -0.2) is 8.78 Å². The molecule has 1 rings (SSSR count). The van der Waals surface area contributed by atoms with Crippen molar-refractivity contribution in [2.45, 2.75) is 19.9 Å². The maximum atomic E-state index is 13.4. The van der Waals surface area contributed by atoms with Crippen molar-refractivity contribution in [3.05, 3.63) is 34.4 Å². The van der Waals surface area contributed by atoms with E-state index in [1.165, 1.54) is 6.07 Å². The fourth-order valence-corrected chi connectivity index (χ4v) is 1.35. The summed E-state index contributed by atoms with van der Waals surface area (Å²) in [7, 11) is 0. The first-order chi connectivity index (χ1) is 6.45. The van der Waals surface area contributed by atoms with Gasteiger partial charge in [0.15, 0.2) is 0 Å². The van der Waals surface area contributed by atoms with Gasteiger partial charge in [-0.3, -0.25) is 0 Å². The summed E-state index contributed by atoms with van der Waals surface area (Å²) in [6.45, 7) is 3.59. The van der Waals surface area contributed by atoms with Gasteiger partial charge in [-0.2, -0.15) is 0 Å². The van der Waals surface area contributed by atoms with E-state index in [1.54, 1.807) is 13.8 Å². The van der Waals surface area contributed by atoms with E-state index in [-0.39, 0.29) is 16.5 Å². The van der Waals surface area contributed by atoms with Gasteiger partial charge in [-0.05, 0) is 18.1 Å². The molecule has 0 aliphatic heterocycles. The molecule has 2 N–H and O–H groups in total. The minimum atomic E-state index is -0.757. The largest absolute Gasteiger partial charge is 0.324 e. The number of hydrogen-bond acceptors (Lipinski definition) is 1. The molecule has 14 heavy (non-hydrogen) atoms. The van der Waals surface area contributed by atoms with E-state index in [4.69, 9.17) is 17.3 Å². The third kappa shape index (κ3) is 2.04. The first-order valence-electron chi connectivity index (χ1n) is 4.34. The smallest absolute Gasteiger partial charge is 0.149 e. The Morgan fingerprint density at radius 1 is 1.29 bits per heavy atom. The summed E-state index contributed by atoms with van der Waals surface area (Å²) in [5, 5.41) is -0.0995. The van der Waals surface area contributed by atoms with Crippen LogP contribution in [0.5, 0.6) is 0 Å². The summed E-state index contributed by atoms with van der Waals surface area (Å²) in [6.07, 6.45) is 0. The maximum Gasteiger partial charge on any atom is 0.149 e. The average Bonchev–Trinajstić information content (AvgIpc) is 2.12. The lowest BCUT2D eigenvalue weighted by Gasteiger charge is -2.17. The number of benzene rings is 1. The fourth-order valence-electron chi connectivity index (χ4n) is 1.18. The van der Waals surface area contributed by atoms with E-state index in [9.17, 15) is 8.78 Å². The number of halogens is 3. The predicted molar refractivity (Wildman–Crippen MR) is 53.1 cm³/mol. The second-order valence-corrected chi connectivity index (χ2v) is 3.93. The Bertz CT molecular complexity index is 339. The molecule has 0 radical (unpaired) electrons. The van der Waals surface area contributed by atoms with Gasteiger partial charge in [0.1, 0.15) is 11.6 Å². The third-order valence-electron chi connectivity index (χ3n) is 2.13. The molecule has 1 aromatic rings. The molecule has 0 heterocycles. The zero-order chi connectivity index (χ0) is 10.9. The standard InChI is InChI=1S/C10H12ClF2N/c1-5(2)10(14)8-7(12)4-3-6(11)9(8)13/h3-5,10H,14H2,1-2H3/t10-/m0/s1. The van der Waals surface area contributed by atoms with Crippen LogP contribution in [-0.2, 0) is 0 Å². The lowest BCUT2D eigenvalue weighted by atomic mass is 9.96. The Labute approximate surface area is 86.9 Å². The molecule has 0 fully saturated rings. The minimum Gasteiger partial charge on any atom is -0.324 e. The molecule has 0 aliphatic rings. The molecule has 0 spiro atoms. The average molecular weight is 220 g/mol. The van der Waals surface area contributed by atoms with Crippen molar-refractivity contribution in [1.82, 2.24) is 0 Å². The van der Waals surface area contributed by atoms with Crippen LogP contribution in [0.15, 0.2) is 12.1 Å². The highest BCUT2D eigenvalue weighted by molar-refractivity contribution is 6.30. The summed E-state index contributed by atoms with van der Waals surface area (Å²) >= 11 is 5.54. The Morgan fingerprint density at radius 3 is 2.36 bits per heavy atom. The highest BCUT2D eigenvalue weighted by Gasteiger charge is 2.21. The van der Waals surface area contributed by atoms with Gasteiger partial charge in [-0.1, -0.05) is 25.4 Å². The summed E-state index contributed by atoms with van der Waals surface area (Å²) in [5.41, 5.74) is 5.54. The van der Waals surface area contributed by atoms with E-state index < -0.39 is 17.7 Å². The third-order valence-corrected chi connectivity index (χ3v) is 2.42. The highest BCUT2D eigenvalue weighted by atomic mass is 35.5. The van der Waals surface area contributed by atoms with Gasteiger partial charge < -0.3 is 5.73 Å². The van der Waals surface area contributed by atoms with E-state index >= 15 is 0 Å². The first-order valence-corrected chi connectivity index (χ1v) is 4.72. The first kappa shape index (κ1) is 11.4. The number of hydrogen-bond donors (Lipinski definition) is 1. The van der Waals surface area contributed by atoms with Gasteiger partial charge in [0, 0.05) is 11.6 Å². The van der Waals surface area contributed by atoms with E-state index in [0.717, 1.165) is 6.07 Å². The maximum absolute atomic E-state index is 13.4. The van der Waals surface area contributed by atoms with Gasteiger partial charge in [-0.15, -0.1) is 0 Å². The van der Waals surface area contributed by atoms with Crippen molar-refractivity contribution in [2.24, 2.45) is 11.7 Å². The normalized spacial score (nSPS) is 13.4. The Kier molecular flexibility index (Phi) is 3.45. The quantitative estimate of drug-likeness (QED) is 0.759. The van der Waals surface area contributed by atoms with Gasteiger partial charge in [0.05, 0.1) is 5.02 Å². The zero-order valence-corrected chi connectivity index (χ0v) is 8.78. The Hall–Kier alpha value is -0.670.